The molecule has 2 aliphatic rings. The van der Waals surface area contributed by atoms with Crippen LogP contribution in [-0.4, -0.2) is 75.7 Å². The van der Waals surface area contributed by atoms with Gasteiger partial charge < -0.3 is 14.7 Å². The summed E-state index contributed by atoms with van der Waals surface area (Å²) in [6, 6.07) is 10.5. The van der Waals surface area contributed by atoms with E-state index in [1.807, 2.05) is 6.07 Å². The number of fused-ring (bicyclic) bond motifs is 1. The maximum Gasteiger partial charge on any atom is 0.490 e. The fraction of sp³-hybridized carbons (Fsp3) is 0.611. The van der Waals surface area contributed by atoms with E-state index in [9.17, 15) is 21.6 Å². The average molecular weight is 438 g/mol. The van der Waals surface area contributed by atoms with Crippen LogP contribution in [0.3, 0.4) is 0 Å². The van der Waals surface area contributed by atoms with Crippen LogP contribution in [0.25, 0.3) is 0 Å². The number of ether oxygens (including phenoxy) is 1. The van der Waals surface area contributed by atoms with Crippen molar-refractivity contribution in [2.45, 2.75) is 18.7 Å². The molecular formula is C18H25F3N2O5S. The van der Waals surface area contributed by atoms with Crippen molar-refractivity contribution in [1.82, 2.24) is 9.62 Å². The van der Waals surface area contributed by atoms with Crippen LogP contribution < -0.4 is 4.72 Å². The van der Waals surface area contributed by atoms with E-state index in [1.54, 1.807) is 0 Å². The van der Waals surface area contributed by atoms with Gasteiger partial charge in [0, 0.05) is 38.0 Å². The summed E-state index contributed by atoms with van der Waals surface area (Å²) in [7, 11) is -3.12. The molecule has 7 nitrogen and oxygen atoms in total. The summed E-state index contributed by atoms with van der Waals surface area (Å²) in [6.07, 6.45) is -2.56. The van der Waals surface area contributed by atoms with Gasteiger partial charge in [-0.05, 0) is 12.0 Å². The summed E-state index contributed by atoms with van der Waals surface area (Å²) < 4.78 is 62.7. The normalized spacial score (nSPS) is 24.6. The van der Waals surface area contributed by atoms with E-state index in [4.69, 9.17) is 14.6 Å². The highest BCUT2D eigenvalue weighted by Crippen LogP contribution is 2.33. The number of nitrogens with one attached hydrogen (secondary N) is 1. The van der Waals surface area contributed by atoms with Gasteiger partial charge >= 0.3 is 12.1 Å². The summed E-state index contributed by atoms with van der Waals surface area (Å²) in [6.45, 7) is 4.17. The highest BCUT2D eigenvalue weighted by atomic mass is 32.2. The molecule has 3 rings (SSSR count). The third-order valence-electron chi connectivity index (χ3n) is 4.92. The molecule has 0 aliphatic carbocycles. The molecule has 3 atom stereocenters. The second kappa shape index (κ2) is 9.88. The summed E-state index contributed by atoms with van der Waals surface area (Å²) in [4.78, 5) is 11.3. The Morgan fingerprint density at radius 1 is 1.28 bits per heavy atom. The van der Waals surface area contributed by atoms with E-state index in [2.05, 4.69) is 33.9 Å². The maximum atomic E-state index is 11.2. The molecule has 1 aromatic carbocycles. The van der Waals surface area contributed by atoms with Gasteiger partial charge in [-0.25, -0.2) is 17.9 Å². The number of likely N-dealkylation sites (tertiary alicyclic amines) is 1. The van der Waals surface area contributed by atoms with Crippen LogP contribution in [0, 0.1) is 11.8 Å². The highest BCUT2D eigenvalue weighted by Gasteiger charge is 2.43. The number of alkyl halides is 3. The first kappa shape index (κ1) is 23.6. The maximum absolute atomic E-state index is 11.2. The lowest BCUT2D eigenvalue weighted by Gasteiger charge is -2.19. The Morgan fingerprint density at radius 2 is 1.90 bits per heavy atom. The Kier molecular flexibility index (Phi) is 8.03. The largest absolute Gasteiger partial charge is 0.490 e. The molecule has 29 heavy (non-hydrogen) atoms. The predicted molar refractivity (Wildman–Crippen MR) is 99.8 cm³/mol. The second-order valence-corrected chi connectivity index (χ2v) is 9.05. The summed E-state index contributed by atoms with van der Waals surface area (Å²) >= 11 is 0. The molecule has 2 fully saturated rings. The van der Waals surface area contributed by atoms with Gasteiger partial charge in [0.25, 0.3) is 0 Å². The number of hydrogen-bond acceptors (Lipinski definition) is 5. The van der Waals surface area contributed by atoms with Crippen molar-refractivity contribution in [3.8, 4) is 0 Å². The number of carboxylic acid groups (broad SMARTS) is 1. The van der Waals surface area contributed by atoms with Crippen LogP contribution in [0.5, 0.6) is 0 Å². The molecule has 1 aromatic rings. The first-order valence-corrected chi connectivity index (χ1v) is 11.0. The van der Waals surface area contributed by atoms with Gasteiger partial charge in [0.1, 0.15) is 0 Å². The molecular weight excluding hydrogens is 413 g/mol. The summed E-state index contributed by atoms with van der Waals surface area (Å²) in [5.74, 6) is -2.01. The van der Waals surface area contributed by atoms with E-state index in [0.717, 1.165) is 26.1 Å². The molecule has 2 heterocycles. The van der Waals surface area contributed by atoms with Gasteiger partial charge in [0.15, 0.2) is 0 Å². The zero-order chi connectivity index (χ0) is 21.7. The Labute approximate surface area is 167 Å². The number of carboxylic acids is 1. The molecule has 0 radical (unpaired) electrons. The first-order chi connectivity index (χ1) is 13.5. The van der Waals surface area contributed by atoms with E-state index in [0.29, 0.717) is 25.0 Å². The summed E-state index contributed by atoms with van der Waals surface area (Å²) in [5, 5.41) is 7.12. The average Bonchev–Trinajstić information content (AvgIpc) is 3.18. The van der Waals surface area contributed by atoms with E-state index in [-0.39, 0.29) is 6.10 Å². The molecule has 164 valence electrons. The monoisotopic (exact) mass is 438 g/mol. The number of rotatable bonds is 6. The smallest absolute Gasteiger partial charge is 0.475 e. The van der Waals surface area contributed by atoms with Crippen LogP contribution in [0.2, 0.25) is 0 Å². The van der Waals surface area contributed by atoms with Crippen molar-refractivity contribution < 1.29 is 36.2 Å². The van der Waals surface area contributed by atoms with Crippen molar-refractivity contribution in [2.75, 3.05) is 39.0 Å². The molecule has 0 unspecified atom stereocenters. The van der Waals surface area contributed by atoms with Crippen molar-refractivity contribution in [2.24, 2.45) is 11.8 Å². The minimum atomic E-state index is -5.08. The van der Waals surface area contributed by atoms with Crippen LogP contribution in [0.1, 0.15) is 5.56 Å². The second-order valence-electron chi connectivity index (χ2n) is 7.21. The number of hydrogen-bond donors (Lipinski definition) is 2. The van der Waals surface area contributed by atoms with Crippen LogP contribution in [-0.2, 0) is 26.0 Å². The molecule has 0 spiro atoms. The minimum Gasteiger partial charge on any atom is -0.475 e. The molecule has 0 amide bonds. The molecule has 2 N–H and O–H groups in total. The minimum absolute atomic E-state index is 0.266. The number of benzene rings is 1. The molecule has 0 bridgehead atoms. The van der Waals surface area contributed by atoms with Gasteiger partial charge in [0.05, 0.1) is 19.0 Å². The Balaban J connectivity index is 0.000000370. The Hall–Kier alpha value is -1.69. The molecule has 11 heteroatoms. The van der Waals surface area contributed by atoms with E-state index >= 15 is 0 Å². The molecule has 0 saturated carbocycles. The lowest BCUT2D eigenvalue weighted by atomic mass is 9.93. The van der Waals surface area contributed by atoms with Crippen molar-refractivity contribution >= 4 is 16.0 Å². The summed E-state index contributed by atoms with van der Waals surface area (Å²) in [5.41, 5.74) is 1.36. The molecule has 0 aromatic heterocycles. The molecule has 2 aliphatic heterocycles. The third-order valence-corrected chi connectivity index (χ3v) is 5.62. The quantitative estimate of drug-likeness (QED) is 0.696. The lowest BCUT2D eigenvalue weighted by Crippen LogP contribution is -2.33. The van der Waals surface area contributed by atoms with Crippen LogP contribution in [0.15, 0.2) is 30.3 Å². The van der Waals surface area contributed by atoms with Gasteiger partial charge in [-0.15, -0.1) is 0 Å². The van der Waals surface area contributed by atoms with Crippen molar-refractivity contribution in [3.05, 3.63) is 35.9 Å². The fourth-order valence-corrected chi connectivity index (χ4v) is 3.98. The van der Waals surface area contributed by atoms with Crippen molar-refractivity contribution in [3.63, 3.8) is 0 Å². The SMILES string of the molecule is CS(=O)(=O)NC[C@@H]1CO[C@@H]2CN(CCc3ccccc3)C[C@H]12.O=C(O)C(F)(F)F. The third kappa shape index (κ3) is 7.92. The van der Waals surface area contributed by atoms with Crippen molar-refractivity contribution in [1.29, 1.82) is 0 Å². The zero-order valence-corrected chi connectivity index (χ0v) is 16.7. The number of nitrogens with zero attached hydrogens (tertiary/aromatic N) is 1. The van der Waals surface area contributed by atoms with Gasteiger partial charge in [-0.3, -0.25) is 0 Å². The van der Waals surface area contributed by atoms with Gasteiger partial charge in [-0.2, -0.15) is 13.2 Å². The first-order valence-electron chi connectivity index (χ1n) is 9.08. The Morgan fingerprint density at radius 3 is 2.45 bits per heavy atom. The zero-order valence-electron chi connectivity index (χ0n) is 15.9. The van der Waals surface area contributed by atoms with Gasteiger partial charge in [-0.1, -0.05) is 30.3 Å². The van der Waals surface area contributed by atoms with Crippen LogP contribution >= 0.6 is 0 Å². The fourth-order valence-electron chi connectivity index (χ4n) is 3.46. The van der Waals surface area contributed by atoms with E-state index in [1.165, 1.54) is 11.8 Å². The highest BCUT2D eigenvalue weighted by molar-refractivity contribution is 7.88. The van der Waals surface area contributed by atoms with Gasteiger partial charge in [0.2, 0.25) is 10.0 Å². The standard InChI is InChI=1S/C16H24N2O3S.C2HF3O2/c1-22(19,20)17-9-14-12-21-16-11-18(10-15(14)16)8-7-13-5-3-2-4-6-13;3-2(4,5)1(6)7/h2-6,14-17H,7-12H2,1H3;(H,6,7)/t14-,15-,16-;/m1./s1. The number of halogens is 3. The Bertz CT molecular complexity index is 773. The molecule has 2 saturated heterocycles. The van der Waals surface area contributed by atoms with Crippen LogP contribution in [0.4, 0.5) is 13.2 Å². The van der Waals surface area contributed by atoms with E-state index < -0.39 is 22.2 Å². The topological polar surface area (TPSA) is 95.9 Å². The lowest BCUT2D eigenvalue weighted by molar-refractivity contribution is -0.192. The predicted octanol–water partition coefficient (Wildman–Crippen LogP) is 1.36. The number of carbonyl (C=O) groups is 1. The number of aliphatic carboxylic acids is 1. The number of sulfonamides is 1.